The van der Waals surface area contributed by atoms with Crippen LogP contribution in [0.3, 0.4) is 0 Å². The number of nitrogens with zero attached hydrogens (tertiary/aromatic N) is 1. The van der Waals surface area contributed by atoms with Crippen molar-refractivity contribution in [3.8, 4) is 6.07 Å². The number of esters is 1. The quantitative estimate of drug-likeness (QED) is 0.621. The lowest BCUT2D eigenvalue weighted by Gasteiger charge is -2.20. The Morgan fingerprint density at radius 3 is 2.30 bits per heavy atom. The molecule has 0 saturated heterocycles. The average molecular weight is 271 g/mol. The Balaban J connectivity index is 2.95. The zero-order chi connectivity index (χ0) is 15.3. The molecule has 0 bridgehead atoms. The highest BCUT2D eigenvalue weighted by Gasteiger charge is 2.18. The minimum absolute atomic E-state index is 0.219. The monoisotopic (exact) mass is 271 g/mol. The van der Waals surface area contributed by atoms with Crippen LogP contribution in [0.5, 0.6) is 0 Å². The lowest BCUT2D eigenvalue weighted by atomic mass is 9.96. The van der Waals surface area contributed by atoms with Gasteiger partial charge < -0.3 is 4.74 Å². The number of allylic oxidation sites excluding steroid dienone is 1. The number of nitriles is 1. The van der Waals surface area contributed by atoms with E-state index in [1.807, 2.05) is 52.8 Å². The van der Waals surface area contributed by atoms with Gasteiger partial charge in [-0.1, -0.05) is 12.1 Å². The third-order valence-electron chi connectivity index (χ3n) is 2.81. The molecule has 0 aliphatic heterocycles. The molecule has 0 radical (unpaired) electrons. The molecule has 1 rings (SSSR count). The third kappa shape index (κ3) is 4.89. The maximum absolute atomic E-state index is 11.9. The van der Waals surface area contributed by atoms with Crippen LogP contribution in [0.2, 0.25) is 0 Å². The van der Waals surface area contributed by atoms with E-state index in [4.69, 9.17) is 10.00 Å². The Hall–Kier alpha value is -2.08. The van der Waals surface area contributed by atoms with Gasteiger partial charge >= 0.3 is 5.97 Å². The smallest absolute Gasteiger partial charge is 0.310 e. The van der Waals surface area contributed by atoms with Crippen LogP contribution in [-0.4, -0.2) is 11.6 Å². The van der Waals surface area contributed by atoms with Crippen molar-refractivity contribution in [2.75, 3.05) is 0 Å². The number of ether oxygens (including phenoxy) is 1. The molecule has 0 aliphatic carbocycles. The Morgan fingerprint density at radius 2 is 1.85 bits per heavy atom. The fourth-order valence-corrected chi connectivity index (χ4v) is 2.06. The van der Waals surface area contributed by atoms with E-state index in [1.54, 1.807) is 6.08 Å². The van der Waals surface area contributed by atoms with Crippen LogP contribution in [-0.2, 0) is 16.0 Å². The summed E-state index contributed by atoms with van der Waals surface area (Å²) in [5.41, 5.74) is 3.57. The highest BCUT2D eigenvalue weighted by Crippen LogP contribution is 2.20. The summed E-state index contributed by atoms with van der Waals surface area (Å²) >= 11 is 0. The number of rotatable bonds is 3. The van der Waals surface area contributed by atoms with Gasteiger partial charge in [-0.15, -0.1) is 0 Å². The SMILES string of the molecule is Cc1cc(/C=C/C#N)cc(C)c1CC(=O)OC(C)(C)C. The molecule has 0 aromatic heterocycles. The summed E-state index contributed by atoms with van der Waals surface area (Å²) in [6, 6.07) is 5.92. The first kappa shape index (κ1) is 16.0. The Morgan fingerprint density at radius 1 is 1.30 bits per heavy atom. The van der Waals surface area contributed by atoms with E-state index in [1.165, 1.54) is 6.08 Å². The second-order valence-corrected chi connectivity index (χ2v) is 5.86. The number of hydrogen-bond acceptors (Lipinski definition) is 3. The fourth-order valence-electron chi connectivity index (χ4n) is 2.06. The molecule has 0 spiro atoms. The van der Waals surface area contributed by atoms with Crippen molar-refractivity contribution in [3.05, 3.63) is 40.5 Å². The summed E-state index contributed by atoms with van der Waals surface area (Å²) in [6.45, 7) is 9.52. The highest BCUT2D eigenvalue weighted by atomic mass is 16.6. The molecule has 3 nitrogen and oxygen atoms in total. The standard InChI is InChI=1S/C17H21NO2/c1-12-9-14(7-6-8-18)10-13(2)15(12)11-16(19)20-17(3,4)5/h6-7,9-10H,11H2,1-5H3/b7-6+. The van der Waals surface area contributed by atoms with Gasteiger partial charge in [-0.05, 0) is 62.9 Å². The maximum atomic E-state index is 11.9. The van der Waals surface area contributed by atoms with Crippen LogP contribution in [0, 0.1) is 25.2 Å². The van der Waals surface area contributed by atoms with Crippen LogP contribution < -0.4 is 0 Å². The number of benzene rings is 1. The van der Waals surface area contributed by atoms with Crippen molar-refractivity contribution in [3.63, 3.8) is 0 Å². The summed E-state index contributed by atoms with van der Waals surface area (Å²) in [7, 11) is 0. The minimum atomic E-state index is -0.464. The van der Waals surface area contributed by atoms with Crippen LogP contribution in [0.4, 0.5) is 0 Å². The molecule has 0 amide bonds. The number of carbonyl (C=O) groups excluding carboxylic acids is 1. The van der Waals surface area contributed by atoms with E-state index in [0.717, 1.165) is 22.3 Å². The normalized spacial score (nSPS) is 11.4. The van der Waals surface area contributed by atoms with Crippen molar-refractivity contribution in [2.45, 2.75) is 46.6 Å². The van der Waals surface area contributed by atoms with Gasteiger partial charge in [0.25, 0.3) is 0 Å². The summed E-state index contributed by atoms with van der Waals surface area (Å²) in [4.78, 5) is 11.9. The molecule has 0 heterocycles. The van der Waals surface area contributed by atoms with Crippen molar-refractivity contribution in [1.82, 2.24) is 0 Å². The Kier molecular flexibility index (Phi) is 5.10. The minimum Gasteiger partial charge on any atom is -0.460 e. The van der Waals surface area contributed by atoms with E-state index in [9.17, 15) is 4.79 Å². The van der Waals surface area contributed by atoms with E-state index >= 15 is 0 Å². The van der Waals surface area contributed by atoms with Crippen molar-refractivity contribution >= 4 is 12.0 Å². The van der Waals surface area contributed by atoms with Crippen LogP contribution in [0.25, 0.3) is 6.08 Å². The molecule has 1 aromatic carbocycles. The Bertz CT molecular complexity index is 549. The molecule has 0 saturated carbocycles. The van der Waals surface area contributed by atoms with E-state index in [-0.39, 0.29) is 12.4 Å². The van der Waals surface area contributed by atoms with E-state index in [2.05, 4.69) is 0 Å². The summed E-state index contributed by atoms with van der Waals surface area (Å²) < 4.78 is 5.35. The molecule has 20 heavy (non-hydrogen) atoms. The maximum Gasteiger partial charge on any atom is 0.310 e. The molecule has 0 N–H and O–H groups in total. The van der Waals surface area contributed by atoms with E-state index in [0.29, 0.717) is 0 Å². The van der Waals surface area contributed by atoms with Gasteiger partial charge in [0.2, 0.25) is 0 Å². The van der Waals surface area contributed by atoms with Gasteiger partial charge in [-0.25, -0.2) is 0 Å². The Labute approximate surface area is 120 Å². The summed E-state index contributed by atoms with van der Waals surface area (Å²) in [5, 5.41) is 8.55. The lowest BCUT2D eigenvalue weighted by Crippen LogP contribution is -2.25. The predicted molar refractivity (Wildman–Crippen MR) is 80.1 cm³/mol. The van der Waals surface area contributed by atoms with Crippen LogP contribution in [0.15, 0.2) is 18.2 Å². The zero-order valence-electron chi connectivity index (χ0n) is 12.8. The number of aryl methyl sites for hydroxylation is 2. The molecule has 106 valence electrons. The lowest BCUT2D eigenvalue weighted by molar-refractivity contribution is -0.153. The van der Waals surface area contributed by atoms with Gasteiger partial charge in [0.05, 0.1) is 12.5 Å². The molecular weight excluding hydrogens is 250 g/mol. The zero-order valence-corrected chi connectivity index (χ0v) is 12.8. The number of carbonyl (C=O) groups is 1. The van der Waals surface area contributed by atoms with Gasteiger partial charge in [-0.3, -0.25) is 4.79 Å². The van der Waals surface area contributed by atoms with E-state index < -0.39 is 5.60 Å². The van der Waals surface area contributed by atoms with Crippen molar-refractivity contribution in [1.29, 1.82) is 5.26 Å². The van der Waals surface area contributed by atoms with Gasteiger partial charge in [0.15, 0.2) is 0 Å². The average Bonchev–Trinajstić information content (AvgIpc) is 2.29. The third-order valence-corrected chi connectivity index (χ3v) is 2.81. The molecule has 0 atom stereocenters. The second kappa shape index (κ2) is 6.38. The van der Waals surface area contributed by atoms with Gasteiger partial charge in [0, 0.05) is 6.08 Å². The first-order valence-corrected chi connectivity index (χ1v) is 6.61. The molecule has 0 aliphatic rings. The molecule has 3 heteroatoms. The highest BCUT2D eigenvalue weighted by molar-refractivity contribution is 5.74. The predicted octanol–water partition coefficient (Wildman–Crippen LogP) is 3.72. The molecular formula is C17H21NO2. The summed E-state index contributed by atoms with van der Waals surface area (Å²) in [6.07, 6.45) is 3.48. The van der Waals surface area contributed by atoms with Crippen molar-refractivity contribution < 1.29 is 9.53 Å². The molecule has 0 fully saturated rings. The molecule has 1 aromatic rings. The van der Waals surface area contributed by atoms with Crippen LogP contribution >= 0.6 is 0 Å². The summed E-state index contributed by atoms with van der Waals surface area (Å²) in [5.74, 6) is -0.219. The topological polar surface area (TPSA) is 50.1 Å². The second-order valence-electron chi connectivity index (χ2n) is 5.86. The van der Waals surface area contributed by atoms with Crippen molar-refractivity contribution in [2.24, 2.45) is 0 Å². The number of hydrogen-bond donors (Lipinski definition) is 0. The molecule has 0 unspecified atom stereocenters. The van der Waals surface area contributed by atoms with Crippen LogP contribution in [0.1, 0.15) is 43.0 Å². The van der Waals surface area contributed by atoms with Gasteiger partial charge in [-0.2, -0.15) is 5.26 Å². The fraction of sp³-hybridized carbons (Fsp3) is 0.412. The first-order valence-electron chi connectivity index (χ1n) is 6.61. The van der Waals surface area contributed by atoms with Gasteiger partial charge in [0.1, 0.15) is 5.60 Å². The first-order chi connectivity index (χ1) is 9.23. The largest absolute Gasteiger partial charge is 0.460 e.